The molecule has 3 aromatic carbocycles. The SMILES string of the molecule is O=C(Cn1cc(/C=C2\C(=O)NC(=O)N(c3ccc(Br)cc3)C2=O)c2ccccc21)Nc1ccc(Cl)cc1. The van der Waals surface area contributed by atoms with Crippen molar-refractivity contribution in [3.63, 3.8) is 0 Å². The number of urea groups is 1. The first kappa shape index (κ1) is 24.5. The average molecular weight is 578 g/mol. The van der Waals surface area contributed by atoms with Crippen LogP contribution in [0.1, 0.15) is 5.56 Å². The van der Waals surface area contributed by atoms with E-state index < -0.39 is 17.8 Å². The lowest BCUT2D eigenvalue weighted by Crippen LogP contribution is -2.54. The molecular formula is C27H18BrClN4O4. The Hall–Kier alpha value is -4.21. The van der Waals surface area contributed by atoms with Crippen LogP contribution < -0.4 is 15.5 Å². The molecule has 8 nitrogen and oxygen atoms in total. The summed E-state index contributed by atoms with van der Waals surface area (Å²) in [6.07, 6.45) is 3.13. The number of carbonyl (C=O) groups is 4. The zero-order chi connectivity index (χ0) is 26.1. The standard InChI is InChI=1S/C27H18BrClN4O4/c28-17-5-11-20(12-6-17)33-26(36)22(25(35)31-27(33)37)13-16-14-32(23-4-2-1-3-21(16)23)15-24(34)30-19-9-7-18(29)8-10-19/h1-14H,15H2,(H,30,34)(H,31,35,37)/b22-13+. The molecule has 37 heavy (non-hydrogen) atoms. The first-order chi connectivity index (χ1) is 17.8. The van der Waals surface area contributed by atoms with E-state index in [9.17, 15) is 19.2 Å². The molecule has 0 spiro atoms. The smallest absolute Gasteiger partial charge is 0.335 e. The normalized spacial score (nSPS) is 14.8. The van der Waals surface area contributed by atoms with Crippen LogP contribution in [0.15, 0.2) is 89.0 Å². The predicted molar refractivity (Wildman–Crippen MR) is 145 cm³/mol. The number of rotatable bonds is 5. The van der Waals surface area contributed by atoms with Gasteiger partial charge in [-0.05, 0) is 60.7 Å². The number of benzene rings is 3. The molecule has 184 valence electrons. The highest BCUT2D eigenvalue weighted by atomic mass is 79.9. The minimum Gasteiger partial charge on any atom is -0.337 e. The predicted octanol–water partition coefficient (Wildman–Crippen LogP) is 5.36. The van der Waals surface area contributed by atoms with Crippen molar-refractivity contribution in [1.82, 2.24) is 9.88 Å². The van der Waals surface area contributed by atoms with Gasteiger partial charge in [0.2, 0.25) is 5.91 Å². The van der Waals surface area contributed by atoms with Crippen LogP contribution in [-0.4, -0.2) is 28.3 Å². The van der Waals surface area contributed by atoms with E-state index in [-0.39, 0.29) is 18.0 Å². The molecule has 5 rings (SSSR count). The molecule has 4 aromatic rings. The second kappa shape index (κ2) is 10.0. The van der Waals surface area contributed by atoms with Crippen LogP contribution in [-0.2, 0) is 20.9 Å². The van der Waals surface area contributed by atoms with Gasteiger partial charge in [-0.1, -0.05) is 45.7 Å². The number of carbonyl (C=O) groups excluding carboxylic acids is 4. The second-order valence-electron chi connectivity index (χ2n) is 8.22. The van der Waals surface area contributed by atoms with E-state index in [0.29, 0.717) is 22.0 Å². The van der Waals surface area contributed by atoms with E-state index in [0.717, 1.165) is 20.3 Å². The Morgan fingerprint density at radius 1 is 0.973 bits per heavy atom. The summed E-state index contributed by atoms with van der Waals surface area (Å²) in [5.41, 5.74) is 2.03. The number of anilines is 2. The van der Waals surface area contributed by atoms with E-state index >= 15 is 0 Å². The van der Waals surface area contributed by atoms with Crippen LogP contribution in [0, 0.1) is 0 Å². The largest absolute Gasteiger partial charge is 0.337 e. The van der Waals surface area contributed by atoms with Crippen LogP contribution in [0.5, 0.6) is 0 Å². The van der Waals surface area contributed by atoms with E-state index in [1.807, 2.05) is 24.3 Å². The lowest BCUT2D eigenvalue weighted by Gasteiger charge is -2.26. The van der Waals surface area contributed by atoms with Crippen molar-refractivity contribution in [3.05, 3.63) is 99.6 Å². The van der Waals surface area contributed by atoms with Crippen molar-refractivity contribution >= 4 is 79.6 Å². The second-order valence-corrected chi connectivity index (χ2v) is 9.57. The molecule has 1 fully saturated rings. The Morgan fingerprint density at radius 3 is 2.41 bits per heavy atom. The minimum absolute atomic E-state index is 0.00401. The fraction of sp³-hybridized carbons (Fsp3) is 0.0370. The first-order valence-electron chi connectivity index (χ1n) is 11.1. The van der Waals surface area contributed by atoms with Crippen LogP contribution in [0.3, 0.4) is 0 Å². The molecule has 0 bridgehead atoms. The van der Waals surface area contributed by atoms with Gasteiger partial charge in [-0.3, -0.25) is 19.7 Å². The number of hydrogen-bond donors (Lipinski definition) is 2. The Kier molecular flexibility index (Phi) is 6.64. The Labute approximate surface area is 224 Å². The van der Waals surface area contributed by atoms with Gasteiger partial charge in [0, 0.05) is 37.8 Å². The molecule has 2 heterocycles. The lowest BCUT2D eigenvalue weighted by atomic mass is 10.1. The highest BCUT2D eigenvalue weighted by Gasteiger charge is 2.37. The number of para-hydroxylation sites is 1. The van der Waals surface area contributed by atoms with Crippen LogP contribution in [0.4, 0.5) is 16.2 Å². The average Bonchev–Trinajstić information content (AvgIpc) is 3.21. The van der Waals surface area contributed by atoms with Crippen LogP contribution in [0.25, 0.3) is 17.0 Å². The highest BCUT2D eigenvalue weighted by molar-refractivity contribution is 9.10. The third kappa shape index (κ3) is 5.04. The van der Waals surface area contributed by atoms with Gasteiger partial charge in [-0.2, -0.15) is 0 Å². The molecule has 1 aliphatic heterocycles. The number of nitrogens with zero attached hydrogens (tertiary/aromatic N) is 2. The number of aromatic nitrogens is 1. The molecule has 0 saturated carbocycles. The first-order valence-corrected chi connectivity index (χ1v) is 12.3. The topological polar surface area (TPSA) is 101 Å². The summed E-state index contributed by atoms with van der Waals surface area (Å²) in [7, 11) is 0. The van der Waals surface area contributed by atoms with Crippen LogP contribution in [0.2, 0.25) is 5.02 Å². The number of amides is 5. The van der Waals surface area contributed by atoms with Gasteiger partial charge in [0.1, 0.15) is 12.1 Å². The fourth-order valence-corrected chi connectivity index (χ4v) is 4.44. The Balaban J connectivity index is 1.47. The summed E-state index contributed by atoms with van der Waals surface area (Å²) in [4.78, 5) is 52.1. The van der Waals surface area contributed by atoms with E-state index in [2.05, 4.69) is 26.6 Å². The summed E-state index contributed by atoms with van der Waals surface area (Å²) in [5.74, 6) is -1.80. The third-order valence-corrected chi connectivity index (χ3v) is 6.53. The number of barbiturate groups is 1. The molecule has 1 aromatic heterocycles. The van der Waals surface area contributed by atoms with Crippen molar-refractivity contribution in [2.75, 3.05) is 10.2 Å². The maximum atomic E-state index is 13.3. The van der Waals surface area contributed by atoms with Gasteiger partial charge in [-0.25, -0.2) is 9.69 Å². The summed E-state index contributed by atoms with van der Waals surface area (Å²) in [5, 5.41) is 6.35. The summed E-state index contributed by atoms with van der Waals surface area (Å²) >= 11 is 9.23. The van der Waals surface area contributed by atoms with Crippen molar-refractivity contribution in [1.29, 1.82) is 0 Å². The molecule has 0 atom stereocenters. The minimum atomic E-state index is -0.823. The molecule has 0 unspecified atom stereocenters. The molecule has 0 radical (unpaired) electrons. The molecule has 10 heteroatoms. The number of imide groups is 2. The number of fused-ring (bicyclic) bond motifs is 1. The highest BCUT2D eigenvalue weighted by Crippen LogP contribution is 2.27. The monoisotopic (exact) mass is 576 g/mol. The molecule has 1 aliphatic rings. The lowest BCUT2D eigenvalue weighted by molar-refractivity contribution is -0.122. The summed E-state index contributed by atoms with van der Waals surface area (Å²) in [6.45, 7) is -0.00401. The van der Waals surface area contributed by atoms with Gasteiger partial charge < -0.3 is 9.88 Å². The van der Waals surface area contributed by atoms with E-state index in [1.165, 1.54) is 6.08 Å². The number of halogens is 2. The van der Waals surface area contributed by atoms with Gasteiger partial charge in [0.05, 0.1) is 5.69 Å². The van der Waals surface area contributed by atoms with Crippen LogP contribution >= 0.6 is 27.5 Å². The van der Waals surface area contributed by atoms with E-state index in [4.69, 9.17) is 11.6 Å². The zero-order valence-corrected chi connectivity index (χ0v) is 21.4. The molecule has 2 N–H and O–H groups in total. The summed E-state index contributed by atoms with van der Waals surface area (Å²) in [6, 6.07) is 19.9. The number of nitrogens with one attached hydrogen (secondary N) is 2. The van der Waals surface area contributed by atoms with Crippen molar-refractivity contribution in [2.24, 2.45) is 0 Å². The van der Waals surface area contributed by atoms with Gasteiger partial charge >= 0.3 is 6.03 Å². The van der Waals surface area contributed by atoms with Crippen molar-refractivity contribution < 1.29 is 19.2 Å². The maximum absolute atomic E-state index is 13.3. The van der Waals surface area contributed by atoms with Gasteiger partial charge in [0.15, 0.2) is 0 Å². The molecule has 0 aliphatic carbocycles. The van der Waals surface area contributed by atoms with Crippen molar-refractivity contribution in [2.45, 2.75) is 6.54 Å². The maximum Gasteiger partial charge on any atom is 0.335 e. The molecular weight excluding hydrogens is 560 g/mol. The zero-order valence-electron chi connectivity index (χ0n) is 19.1. The number of hydrogen-bond acceptors (Lipinski definition) is 4. The van der Waals surface area contributed by atoms with Crippen molar-refractivity contribution in [3.8, 4) is 0 Å². The van der Waals surface area contributed by atoms with E-state index in [1.54, 1.807) is 59.3 Å². The molecule has 5 amide bonds. The quantitative estimate of drug-likeness (QED) is 0.246. The third-order valence-electron chi connectivity index (χ3n) is 5.75. The summed E-state index contributed by atoms with van der Waals surface area (Å²) < 4.78 is 2.51. The molecule has 1 saturated heterocycles. The Bertz CT molecular complexity index is 1590. The van der Waals surface area contributed by atoms with Gasteiger partial charge in [-0.15, -0.1) is 0 Å². The fourth-order valence-electron chi connectivity index (χ4n) is 4.05. The Morgan fingerprint density at radius 2 is 1.68 bits per heavy atom. The van der Waals surface area contributed by atoms with Gasteiger partial charge in [0.25, 0.3) is 11.8 Å².